The molecule has 2 aromatic rings. The molecule has 7 heteroatoms. The number of benzene rings is 2. The zero-order chi connectivity index (χ0) is 21.4. The number of guanidine groups is 1. The second-order valence-electron chi connectivity index (χ2n) is 7.76. The molecule has 1 saturated heterocycles. The van der Waals surface area contributed by atoms with E-state index in [1.54, 1.807) is 0 Å². The smallest absolute Gasteiger partial charge is 0.194 e. The molecule has 0 aromatic heterocycles. The third kappa shape index (κ3) is 8.65. The summed E-state index contributed by atoms with van der Waals surface area (Å²) in [5.74, 6) is 1.02. The van der Waals surface area contributed by atoms with E-state index in [9.17, 15) is 8.42 Å². The van der Waals surface area contributed by atoms with Crippen molar-refractivity contribution in [2.45, 2.75) is 32.1 Å². The number of nitrogens with one attached hydrogen (secondary N) is 1. The molecule has 0 unspecified atom stereocenters. The van der Waals surface area contributed by atoms with Crippen LogP contribution in [-0.4, -0.2) is 45.2 Å². The van der Waals surface area contributed by atoms with Gasteiger partial charge < -0.3 is 10.2 Å². The Morgan fingerprint density at radius 2 is 1.65 bits per heavy atom. The highest BCUT2D eigenvalue weighted by atomic mass is 127. The van der Waals surface area contributed by atoms with Gasteiger partial charge in [-0.15, -0.1) is 24.0 Å². The molecule has 0 bridgehead atoms. The van der Waals surface area contributed by atoms with Crippen LogP contribution in [0.1, 0.15) is 36.5 Å². The largest absolute Gasteiger partial charge is 0.357 e. The molecule has 0 radical (unpaired) electrons. The maximum absolute atomic E-state index is 11.4. The monoisotopic (exact) mass is 553 g/mol. The number of piperidine rings is 1. The molecule has 1 N–H and O–H groups in total. The number of likely N-dealkylation sites (tertiary alicyclic amines) is 1. The Labute approximate surface area is 203 Å². The summed E-state index contributed by atoms with van der Waals surface area (Å²) < 4.78 is 22.9. The van der Waals surface area contributed by atoms with Gasteiger partial charge in [-0.25, -0.2) is 13.4 Å². The number of nitrogens with zero attached hydrogens (tertiary/aromatic N) is 2. The van der Waals surface area contributed by atoms with Gasteiger partial charge in [-0.2, -0.15) is 0 Å². The number of aliphatic imine (C=N–C) groups is 1. The van der Waals surface area contributed by atoms with Crippen molar-refractivity contribution in [3.63, 3.8) is 0 Å². The third-order valence-electron chi connectivity index (χ3n) is 5.07. The Balaban J connectivity index is 0.00000341. The van der Waals surface area contributed by atoms with Gasteiger partial charge in [0.2, 0.25) is 0 Å². The van der Waals surface area contributed by atoms with Crippen LogP contribution in [0, 0.1) is 0 Å². The minimum atomic E-state index is -3.01. The molecule has 168 valence electrons. The molecular formula is C24H32IN3O2S. The van der Waals surface area contributed by atoms with Crippen LogP contribution < -0.4 is 5.32 Å². The molecule has 1 aliphatic heterocycles. The Kier molecular flexibility index (Phi) is 10.0. The Hall–Kier alpha value is -1.87. The van der Waals surface area contributed by atoms with Crippen LogP contribution in [0.5, 0.6) is 0 Å². The summed E-state index contributed by atoms with van der Waals surface area (Å²) in [6.45, 7) is 5.40. The highest BCUT2D eigenvalue weighted by Crippen LogP contribution is 2.19. The molecule has 0 atom stereocenters. The molecule has 1 heterocycles. The number of rotatable bonds is 6. The Morgan fingerprint density at radius 3 is 2.23 bits per heavy atom. The van der Waals surface area contributed by atoms with E-state index in [1.165, 1.54) is 17.4 Å². The molecule has 0 aliphatic carbocycles. The minimum Gasteiger partial charge on any atom is -0.357 e. The fourth-order valence-corrected chi connectivity index (χ4v) is 4.37. The van der Waals surface area contributed by atoms with Gasteiger partial charge in [0.1, 0.15) is 0 Å². The lowest BCUT2D eigenvalue weighted by atomic mass is 10.0. The Bertz CT molecular complexity index is 977. The van der Waals surface area contributed by atoms with E-state index in [0.717, 1.165) is 49.6 Å². The van der Waals surface area contributed by atoms with Crippen LogP contribution in [0.2, 0.25) is 0 Å². The van der Waals surface area contributed by atoms with Gasteiger partial charge in [-0.3, -0.25) is 0 Å². The van der Waals surface area contributed by atoms with Crippen molar-refractivity contribution in [2.24, 2.45) is 4.99 Å². The standard InChI is InChI=1S/C24H31N3O2S.HI/c1-3-25-24(26-18-22-9-11-23(12-10-22)19-30(2,28)29)27-15-13-21(14-16-27)17-20-7-5-4-6-8-20;/h4-12,17H,3,13-16,18-19H2,1-2H3,(H,25,26);1H. The molecule has 3 rings (SSSR count). The predicted octanol–water partition coefficient (Wildman–Crippen LogP) is 4.49. The third-order valence-corrected chi connectivity index (χ3v) is 5.93. The summed E-state index contributed by atoms with van der Waals surface area (Å²) in [6, 6.07) is 18.2. The van der Waals surface area contributed by atoms with Crippen LogP contribution in [0.15, 0.2) is 65.2 Å². The molecule has 0 saturated carbocycles. The fraction of sp³-hybridized carbons (Fsp3) is 0.375. The Morgan fingerprint density at radius 1 is 1.03 bits per heavy atom. The first kappa shape index (κ1) is 25.4. The van der Waals surface area contributed by atoms with E-state index in [2.05, 4.69) is 47.5 Å². The maximum Gasteiger partial charge on any atom is 0.194 e. The predicted molar refractivity (Wildman–Crippen MR) is 140 cm³/mol. The van der Waals surface area contributed by atoms with Crippen LogP contribution in [0.4, 0.5) is 0 Å². The van der Waals surface area contributed by atoms with Gasteiger partial charge in [0, 0.05) is 25.9 Å². The summed E-state index contributed by atoms with van der Waals surface area (Å²) in [5.41, 5.74) is 4.63. The quantitative estimate of drug-likeness (QED) is 0.325. The first-order chi connectivity index (χ1) is 14.4. The highest BCUT2D eigenvalue weighted by Gasteiger charge is 2.17. The van der Waals surface area contributed by atoms with Crippen molar-refractivity contribution in [1.29, 1.82) is 0 Å². The second-order valence-corrected chi connectivity index (χ2v) is 9.90. The van der Waals surface area contributed by atoms with Crippen LogP contribution in [0.25, 0.3) is 6.08 Å². The molecule has 0 amide bonds. The molecule has 2 aromatic carbocycles. The lowest BCUT2D eigenvalue weighted by molar-refractivity contribution is 0.375. The van der Waals surface area contributed by atoms with Gasteiger partial charge in [-0.1, -0.05) is 66.2 Å². The van der Waals surface area contributed by atoms with Crippen molar-refractivity contribution < 1.29 is 8.42 Å². The second kappa shape index (κ2) is 12.2. The summed E-state index contributed by atoms with van der Waals surface area (Å²) in [5, 5.41) is 3.41. The van der Waals surface area contributed by atoms with Gasteiger partial charge >= 0.3 is 0 Å². The normalized spacial score (nSPS) is 14.7. The molecule has 1 fully saturated rings. The molecular weight excluding hydrogens is 521 g/mol. The number of sulfone groups is 1. The van der Waals surface area contributed by atoms with Crippen LogP contribution >= 0.6 is 24.0 Å². The molecule has 0 spiro atoms. The van der Waals surface area contributed by atoms with E-state index in [-0.39, 0.29) is 29.7 Å². The van der Waals surface area contributed by atoms with Crippen molar-refractivity contribution in [3.8, 4) is 0 Å². The minimum absolute atomic E-state index is 0. The summed E-state index contributed by atoms with van der Waals surface area (Å²) in [4.78, 5) is 7.14. The lowest BCUT2D eigenvalue weighted by Gasteiger charge is -2.31. The SMILES string of the molecule is CCNC(=NCc1ccc(CS(C)(=O)=O)cc1)N1CCC(=Cc2ccccc2)CC1.I. The van der Waals surface area contributed by atoms with E-state index >= 15 is 0 Å². The fourth-order valence-electron chi connectivity index (χ4n) is 3.57. The number of hydrogen-bond donors (Lipinski definition) is 1. The van der Waals surface area contributed by atoms with Crippen molar-refractivity contribution in [2.75, 3.05) is 25.9 Å². The zero-order valence-corrected chi connectivity index (χ0v) is 21.4. The van der Waals surface area contributed by atoms with Crippen LogP contribution in [-0.2, 0) is 22.1 Å². The maximum atomic E-state index is 11.4. The van der Waals surface area contributed by atoms with E-state index in [4.69, 9.17) is 4.99 Å². The van der Waals surface area contributed by atoms with Crippen molar-refractivity contribution >= 4 is 45.8 Å². The number of halogens is 1. The van der Waals surface area contributed by atoms with Gasteiger partial charge in [0.25, 0.3) is 0 Å². The molecule has 31 heavy (non-hydrogen) atoms. The van der Waals surface area contributed by atoms with Crippen LogP contribution in [0.3, 0.4) is 0 Å². The average molecular weight is 554 g/mol. The first-order valence-electron chi connectivity index (χ1n) is 10.5. The average Bonchev–Trinajstić information content (AvgIpc) is 2.72. The summed E-state index contributed by atoms with van der Waals surface area (Å²) in [7, 11) is -3.01. The van der Waals surface area contributed by atoms with Gasteiger partial charge in [0.05, 0.1) is 12.3 Å². The first-order valence-corrected chi connectivity index (χ1v) is 12.5. The summed E-state index contributed by atoms with van der Waals surface area (Å²) >= 11 is 0. The van der Waals surface area contributed by atoms with Crippen molar-refractivity contribution in [1.82, 2.24) is 10.2 Å². The zero-order valence-electron chi connectivity index (χ0n) is 18.3. The van der Waals surface area contributed by atoms with Crippen molar-refractivity contribution in [3.05, 3.63) is 76.9 Å². The summed E-state index contributed by atoms with van der Waals surface area (Å²) in [6.07, 6.45) is 5.64. The molecule has 5 nitrogen and oxygen atoms in total. The van der Waals surface area contributed by atoms with Gasteiger partial charge in [-0.05, 0) is 36.5 Å². The van der Waals surface area contributed by atoms with E-state index < -0.39 is 9.84 Å². The van der Waals surface area contributed by atoms with E-state index in [1.807, 2.05) is 30.3 Å². The number of hydrogen-bond acceptors (Lipinski definition) is 3. The van der Waals surface area contributed by atoms with E-state index in [0.29, 0.717) is 6.54 Å². The highest BCUT2D eigenvalue weighted by molar-refractivity contribution is 14.0. The van der Waals surface area contributed by atoms with Gasteiger partial charge in [0.15, 0.2) is 15.8 Å². The topological polar surface area (TPSA) is 61.8 Å². The molecule has 1 aliphatic rings. The lowest BCUT2D eigenvalue weighted by Crippen LogP contribution is -2.44.